The van der Waals surface area contributed by atoms with Crippen molar-refractivity contribution in [2.75, 3.05) is 0 Å². The number of hydrogen-bond acceptors (Lipinski definition) is 3. The first kappa shape index (κ1) is 12.7. The fourth-order valence-electron chi connectivity index (χ4n) is 0.883. The predicted octanol–water partition coefficient (Wildman–Crippen LogP) is 2.62. The second kappa shape index (κ2) is 4.27. The molecule has 15 heavy (non-hydrogen) atoms. The van der Waals surface area contributed by atoms with Crippen LogP contribution in [-0.2, 0) is 10.1 Å². The fraction of sp³-hybridized carbons (Fsp3) is 0. The zero-order chi connectivity index (χ0) is 11.8. The average molecular weight is 290 g/mol. The summed E-state index contributed by atoms with van der Waals surface area (Å²) in [6.07, 6.45) is 0. The van der Waals surface area contributed by atoms with Crippen molar-refractivity contribution in [3.63, 3.8) is 0 Å². The van der Waals surface area contributed by atoms with Gasteiger partial charge in [0.2, 0.25) is 0 Å². The van der Waals surface area contributed by atoms with Crippen LogP contribution in [0.3, 0.4) is 0 Å². The minimum Gasteiger partial charge on any atom is -0.282 e. The molecule has 0 saturated heterocycles. The normalized spacial score (nSPS) is 11.5. The molecule has 82 valence electrons. The third-order valence-corrected chi connectivity index (χ3v) is 3.63. The van der Waals surface area contributed by atoms with Crippen LogP contribution in [0.25, 0.3) is 0 Å². The summed E-state index contributed by atoms with van der Waals surface area (Å²) < 4.78 is 30.3. The molecule has 0 unspecified atom stereocenters. The maximum absolute atomic E-state index is 10.8. The molecule has 0 saturated carbocycles. The van der Waals surface area contributed by atoms with Gasteiger partial charge in [0.25, 0.3) is 15.4 Å². The summed E-state index contributed by atoms with van der Waals surface area (Å²) in [5.74, 6) is 0. The largest absolute Gasteiger partial charge is 0.296 e. The maximum atomic E-state index is 10.8. The van der Waals surface area contributed by atoms with Crippen LogP contribution in [0.15, 0.2) is 17.0 Å². The fourth-order valence-corrected chi connectivity index (χ4v) is 2.42. The molecule has 1 aromatic carbocycles. The van der Waals surface area contributed by atoms with E-state index in [0.29, 0.717) is 0 Å². The summed E-state index contributed by atoms with van der Waals surface area (Å²) >= 11 is 16.3. The molecule has 0 radical (unpaired) electrons. The highest BCUT2D eigenvalue weighted by Crippen LogP contribution is 2.32. The van der Waals surface area contributed by atoms with Crippen molar-refractivity contribution in [1.29, 1.82) is 0 Å². The summed E-state index contributed by atoms with van der Waals surface area (Å²) in [5.41, 5.74) is -0.129. The van der Waals surface area contributed by atoms with Gasteiger partial charge in [-0.3, -0.25) is 9.35 Å². The summed E-state index contributed by atoms with van der Waals surface area (Å²) in [6.45, 7) is 0. The van der Waals surface area contributed by atoms with Gasteiger partial charge in [-0.05, 0) is 23.7 Å². The van der Waals surface area contributed by atoms with E-state index in [1.165, 1.54) is 0 Å². The first-order valence-electron chi connectivity index (χ1n) is 3.40. The molecule has 4 nitrogen and oxygen atoms in total. The monoisotopic (exact) mass is 288 g/mol. The predicted molar refractivity (Wildman–Crippen MR) is 56.5 cm³/mol. The molecule has 0 atom stereocenters. The zero-order valence-electron chi connectivity index (χ0n) is 6.87. The summed E-state index contributed by atoms with van der Waals surface area (Å²) in [4.78, 5) is 10.2. The number of rotatable bonds is 2. The second-order valence-corrected chi connectivity index (χ2v) is 4.98. The Morgan fingerprint density at radius 3 is 2.13 bits per heavy atom. The van der Waals surface area contributed by atoms with Crippen LogP contribution < -0.4 is 0 Å². The van der Waals surface area contributed by atoms with Crippen molar-refractivity contribution >= 4 is 50.2 Å². The molecule has 0 fully saturated rings. The average Bonchev–Trinajstić information content (AvgIpc) is 2.06. The van der Waals surface area contributed by atoms with Gasteiger partial charge in [-0.2, -0.15) is 8.42 Å². The van der Waals surface area contributed by atoms with Crippen LogP contribution >= 0.6 is 34.8 Å². The standard InChI is InChI=1S/C7H3Cl3O4S/c8-5-3(7(10)11)1-2-4(6(5)9)15(12,13)14/h1-2H,(H,12,13,14). The van der Waals surface area contributed by atoms with E-state index in [2.05, 4.69) is 0 Å². The Labute approximate surface area is 100 Å². The number of benzene rings is 1. The lowest BCUT2D eigenvalue weighted by molar-refractivity contribution is 0.108. The lowest BCUT2D eigenvalue weighted by Gasteiger charge is -2.05. The quantitative estimate of drug-likeness (QED) is 0.671. The molecule has 1 N–H and O–H groups in total. The van der Waals surface area contributed by atoms with Crippen LogP contribution in [0, 0.1) is 0 Å². The highest BCUT2D eigenvalue weighted by molar-refractivity contribution is 7.86. The SMILES string of the molecule is O=C(Cl)c1ccc(S(=O)(=O)O)c(Cl)c1Cl. The van der Waals surface area contributed by atoms with Gasteiger partial charge in [0.15, 0.2) is 0 Å². The smallest absolute Gasteiger partial charge is 0.282 e. The van der Waals surface area contributed by atoms with Crippen molar-refractivity contribution < 1.29 is 17.8 Å². The van der Waals surface area contributed by atoms with Gasteiger partial charge in [0.1, 0.15) is 4.90 Å². The first-order valence-corrected chi connectivity index (χ1v) is 5.98. The Balaban J connectivity index is 3.55. The first-order chi connectivity index (χ1) is 6.75. The molecular weight excluding hydrogens is 286 g/mol. The third-order valence-electron chi connectivity index (χ3n) is 1.54. The Kier molecular flexibility index (Phi) is 3.63. The molecule has 0 amide bonds. The Hall–Kier alpha value is -0.330. The molecular formula is C7H3Cl3O4S. The zero-order valence-corrected chi connectivity index (χ0v) is 9.95. The lowest BCUT2D eigenvalue weighted by Crippen LogP contribution is -2.01. The summed E-state index contributed by atoms with van der Waals surface area (Å²) in [5, 5.41) is -1.62. The second-order valence-electron chi connectivity index (χ2n) is 2.49. The van der Waals surface area contributed by atoms with E-state index in [4.69, 9.17) is 39.4 Å². The van der Waals surface area contributed by atoms with Gasteiger partial charge >= 0.3 is 0 Å². The number of halogens is 3. The van der Waals surface area contributed by atoms with E-state index >= 15 is 0 Å². The van der Waals surface area contributed by atoms with Crippen LogP contribution in [0.4, 0.5) is 0 Å². The highest BCUT2D eigenvalue weighted by atomic mass is 35.5. The van der Waals surface area contributed by atoms with E-state index in [1.807, 2.05) is 0 Å². The Bertz CT molecular complexity index is 523. The lowest BCUT2D eigenvalue weighted by atomic mass is 10.2. The number of carbonyl (C=O) groups excluding carboxylic acids is 1. The molecule has 0 aliphatic carbocycles. The Morgan fingerprint density at radius 2 is 1.73 bits per heavy atom. The van der Waals surface area contributed by atoms with Gasteiger partial charge in [0.05, 0.1) is 15.6 Å². The van der Waals surface area contributed by atoms with Gasteiger partial charge in [-0.1, -0.05) is 23.2 Å². The van der Waals surface area contributed by atoms with E-state index < -0.39 is 25.3 Å². The highest BCUT2D eigenvalue weighted by Gasteiger charge is 2.20. The summed E-state index contributed by atoms with van der Waals surface area (Å²) in [7, 11) is -4.47. The van der Waals surface area contributed by atoms with Crippen molar-refractivity contribution in [3.8, 4) is 0 Å². The number of carbonyl (C=O) groups is 1. The molecule has 8 heteroatoms. The van der Waals surface area contributed by atoms with Crippen LogP contribution in [0.5, 0.6) is 0 Å². The number of hydrogen-bond donors (Lipinski definition) is 1. The molecule has 0 aromatic heterocycles. The van der Waals surface area contributed by atoms with Gasteiger partial charge in [-0.15, -0.1) is 0 Å². The van der Waals surface area contributed by atoms with E-state index in [-0.39, 0.29) is 10.6 Å². The van der Waals surface area contributed by atoms with E-state index in [0.717, 1.165) is 12.1 Å². The van der Waals surface area contributed by atoms with Crippen molar-refractivity contribution in [1.82, 2.24) is 0 Å². The minimum atomic E-state index is -4.47. The molecule has 0 aliphatic heterocycles. The third kappa shape index (κ3) is 2.62. The van der Waals surface area contributed by atoms with Crippen LogP contribution in [0.2, 0.25) is 10.0 Å². The van der Waals surface area contributed by atoms with Gasteiger partial charge in [0, 0.05) is 0 Å². The van der Waals surface area contributed by atoms with Gasteiger partial charge < -0.3 is 0 Å². The van der Waals surface area contributed by atoms with Crippen molar-refractivity contribution in [2.45, 2.75) is 4.90 Å². The van der Waals surface area contributed by atoms with E-state index in [9.17, 15) is 13.2 Å². The van der Waals surface area contributed by atoms with Crippen LogP contribution in [0.1, 0.15) is 10.4 Å². The molecule has 1 rings (SSSR count). The summed E-state index contributed by atoms with van der Waals surface area (Å²) in [6, 6.07) is 2.01. The van der Waals surface area contributed by atoms with Crippen LogP contribution in [-0.4, -0.2) is 18.2 Å². The maximum Gasteiger partial charge on any atom is 0.296 e. The molecule has 0 heterocycles. The van der Waals surface area contributed by atoms with Gasteiger partial charge in [-0.25, -0.2) is 0 Å². The molecule has 1 aromatic rings. The molecule has 0 aliphatic rings. The Morgan fingerprint density at radius 1 is 1.20 bits per heavy atom. The van der Waals surface area contributed by atoms with Crippen molar-refractivity contribution in [3.05, 3.63) is 27.7 Å². The van der Waals surface area contributed by atoms with Crippen molar-refractivity contribution in [2.24, 2.45) is 0 Å². The van der Waals surface area contributed by atoms with E-state index in [1.54, 1.807) is 0 Å². The topological polar surface area (TPSA) is 71.4 Å². The minimum absolute atomic E-state index is 0.129. The molecule has 0 bridgehead atoms. The molecule has 0 spiro atoms.